The lowest BCUT2D eigenvalue weighted by Gasteiger charge is -2.26. The molecule has 4 aromatic rings. The lowest BCUT2D eigenvalue weighted by molar-refractivity contribution is -0.137. The maximum absolute atomic E-state index is 13.6. The fraction of sp³-hybridized carbons (Fsp3) is 0.270. The number of hydrogen-bond acceptors (Lipinski definition) is 4. The first-order chi connectivity index (χ1) is 21.4. The van der Waals surface area contributed by atoms with E-state index in [0.29, 0.717) is 39.6 Å². The molecule has 0 aliphatic rings. The van der Waals surface area contributed by atoms with Gasteiger partial charge in [-0.3, -0.25) is 14.4 Å². The Kier molecular flexibility index (Phi) is 11.2. The van der Waals surface area contributed by atoms with E-state index in [2.05, 4.69) is 54.3 Å². The molecule has 4 rings (SSSR count). The molecular weight excluding hydrogens is 632 g/mol. The first-order valence-electron chi connectivity index (χ1n) is 14.9. The van der Waals surface area contributed by atoms with Crippen LogP contribution in [0.25, 0.3) is 11.1 Å². The molecule has 2 amide bonds. The Labute approximate surface area is 273 Å². The molecule has 0 saturated carbocycles. The zero-order valence-electron chi connectivity index (χ0n) is 26.0. The van der Waals surface area contributed by atoms with Crippen molar-refractivity contribution in [2.75, 3.05) is 5.32 Å². The summed E-state index contributed by atoms with van der Waals surface area (Å²) in [7, 11) is 0. The number of benzene rings is 4. The molecule has 7 nitrogen and oxygen atoms in total. The Morgan fingerprint density at radius 1 is 0.889 bits per heavy atom. The third-order valence-corrected chi connectivity index (χ3v) is 7.76. The van der Waals surface area contributed by atoms with Gasteiger partial charge in [-0.15, -0.1) is 0 Å². The maximum Gasteiger partial charge on any atom is 0.305 e. The Balaban J connectivity index is 1.55. The van der Waals surface area contributed by atoms with Gasteiger partial charge in [0.1, 0.15) is 11.5 Å². The summed E-state index contributed by atoms with van der Waals surface area (Å²) in [6, 6.07) is 28.8. The van der Waals surface area contributed by atoms with E-state index in [0.717, 1.165) is 17.5 Å². The van der Waals surface area contributed by atoms with Crippen LogP contribution in [0.15, 0.2) is 102 Å². The van der Waals surface area contributed by atoms with E-state index in [-0.39, 0.29) is 23.3 Å². The topological polar surface area (TPSA) is 105 Å². The molecule has 0 aliphatic carbocycles. The molecule has 45 heavy (non-hydrogen) atoms. The van der Waals surface area contributed by atoms with Crippen molar-refractivity contribution in [1.29, 1.82) is 0 Å². The molecule has 234 valence electrons. The van der Waals surface area contributed by atoms with Gasteiger partial charge in [0, 0.05) is 16.5 Å². The quantitative estimate of drug-likeness (QED) is 0.131. The summed E-state index contributed by atoms with van der Waals surface area (Å²) in [5.74, 6) is 0.105. The molecule has 0 aliphatic heterocycles. The summed E-state index contributed by atoms with van der Waals surface area (Å²) in [4.78, 5) is 38.5. The zero-order chi connectivity index (χ0) is 32.6. The van der Waals surface area contributed by atoms with Crippen molar-refractivity contribution in [3.8, 4) is 22.6 Å². The van der Waals surface area contributed by atoms with E-state index in [1.165, 1.54) is 0 Å². The van der Waals surface area contributed by atoms with Crippen LogP contribution in [0.1, 0.15) is 68.9 Å². The van der Waals surface area contributed by atoms with Gasteiger partial charge >= 0.3 is 5.97 Å². The van der Waals surface area contributed by atoms with E-state index >= 15 is 0 Å². The van der Waals surface area contributed by atoms with Crippen molar-refractivity contribution in [1.82, 2.24) is 5.32 Å². The van der Waals surface area contributed by atoms with Crippen molar-refractivity contribution in [3.63, 3.8) is 0 Å². The Morgan fingerprint density at radius 3 is 2.22 bits per heavy atom. The second kappa shape index (κ2) is 15.0. The van der Waals surface area contributed by atoms with Crippen LogP contribution in [-0.2, 0) is 9.59 Å². The lowest BCUT2D eigenvalue weighted by atomic mass is 9.81. The van der Waals surface area contributed by atoms with Gasteiger partial charge in [-0.25, -0.2) is 0 Å². The highest BCUT2D eigenvalue weighted by Crippen LogP contribution is 2.34. The highest BCUT2D eigenvalue weighted by Gasteiger charge is 2.25. The normalized spacial score (nSPS) is 12.0. The fourth-order valence-electron chi connectivity index (χ4n) is 5.59. The summed E-state index contributed by atoms with van der Waals surface area (Å²) in [6.45, 7) is 8.35. The van der Waals surface area contributed by atoms with Crippen molar-refractivity contribution in [2.45, 2.75) is 53.0 Å². The van der Waals surface area contributed by atoms with Crippen LogP contribution in [0.5, 0.6) is 11.5 Å². The summed E-state index contributed by atoms with van der Waals surface area (Å²) in [6.07, 6.45) is 0.864. The number of hydrogen-bond donors (Lipinski definition) is 3. The number of carboxylic acids is 1. The Morgan fingerprint density at radius 2 is 1.56 bits per heavy atom. The van der Waals surface area contributed by atoms with Crippen LogP contribution in [0.4, 0.5) is 5.69 Å². The molecule has 0 heterocycles. The summed E-state index contributed by atoms with van der Waals surface area (Å²) < 4.78 is 6.77. The summed E-state index contributed by atoms with van der Waals surface area (Å²) >= 11 is 3.42. The van der Waals surface area contributed by atoms with Crippen LogP contribution >= 0.6 is 15.9 Å². The van der Waals surface area contributed by atoms with E-state index in [1.807, 2.05) is 78.9 Å². The van der Waals surface area contributed by atoms with Crippen LogP contribution in [-0.4, -0.2) is 22.9 Å². The molecule has 0 spiro atoms. The predicted octanol–water partition coefficient (Wildman–Crippen LogP) is 9.26. The molecule has 0 aromatic heterocycles. The predicted molar refractivity (Wildman–Crippen MR) is 181 cm³/mol. The molecule has 4 aromatic carbocycles. The summed E-state index contributed by atoms with van der Waals surface area (Å²) in [5.41, 5.74) is 2.77. The lowest BCUT2D eigenvalue weighted by Crippen LogP contribution is -2.31. The average Bonchev–Trinajstić information content (AvgIpc) is 2.97. The third kappa shape index (κ3) is 9.78. The fourth-order valence-corrected chi connectivity index (χ4v) is 5.95. The highest BCUT2D eigenvalue weighted by atomic mass is 79.9. The van der Waals surface area contributed by atoms with Crippen LogP contribution < -0.4 is 15.4 Å². The minimum Gasteiger partial charge on any atom is -0.481 e. The standard InChI is InChI=1S/C37H39BrN2O5/c1-24(2)22-37(3,4)23-34(41)39-31-19-18-27(38)20-30(31)36(44)40-32(21-35(42)43)26-16-14-25(15-17-26)29-12-8-9-13-33(29)45-28-10-6-5-7-11-28/h5-20,24,32H,21-23H2,1-4H3,(H,39,41)(H,40,44)(H,42,43). The highest BCUT2D eigenvalue weighted by molar-refractivity contribution is 9.10. The number of carboxylic acid groups (broad SMARTS) is 1. The van der Waals surface area contributed by atoms with Crippen LogP contribution in [0, 0.1) is 11.3 Å². The van der Waals surface area contributed by atoms with Crippen molar-refractivity contribution < 1.29 is 24.2 Å². The molecule has 1 atom stereocenters. The number of aliphatic carboxylic acids is 1. The number of rotatable bonds is 13. The number of ether oxygens (including phenoxy) is 1. The molecule has 0 radical (unpaired) electrons. The molecule has 0 fully saturated rings. The van der Waals surface area contributed by atoms with Crippen LogP contribution in [0.2, 0.25) is 0 Å². The Bertz CT molecular complexity index is 1630. The first-order valence-corrected chi connectivity index (χ1v) is 15.7. The number of anilines is 1. The second-order valence-corrected chi connectivity index (χ2v) is 13.2. The van der Waals surface area contributed by atoms with Gasteiger partial charge in [-0.1, -0.05) is 104 Å². The van der Waals surface area contributed by atoms with E-state index in [1.54, 1.807) is 18.2 Å². The van der Waals surface area contributed by atoms with E-state index < -0.39 is 17.9 Å². The van der Waals surface area contributed by atoms with Gasteiger partial charge in [0.15, 0.2) is 0 Å². The first kappa shape index (κ1) is 33.5. The zero-order valence-corrected chi connectivity index (χ0v) is 27.6. The molecule has 1 unspecified atom stereocenters. The van der Waals surface area contributed by atoms with Crippen molar-refractivity contribution in [2.24, 2.45) is 11.3 Å². The number of halogens is 1. The molecular formula is C37H39BrN2O5. The number of amides is 2. The molecule has 8 heteroatoms. The minimum atomic E-state index is -1.05. The molecule has 0 bridgehead atoms. The molecule has 3 N–H and O–H groups in total. The van der Waals surface area contributed by atoms with Gasteiger partial charge in [0.05, 0.1) is 23.7 Å². The average molecular weight is 672 g/mol. The van der Waals surface area contributed by atoms with Gasteiger partial charge in [0.25, 0.3) is 5.91 Å². The van der Waals surface area contributed by atoms with E-state index in [4.69, 9.17) is 4.74 Å². The largest absolute Gasteiger partial charge is 0.481 e. The monoisotopic (exact) mass is 670 g/mol. The molecule has 0 saturated heterocycles. The van der Waals surface area contributed by atoms with Crippen LogP contribution in [0.3, 0.4) is 0 Å². The number of nitrogens with one attached hydrogen (secondary N) is 2. The third-order valence-electron chi connectivity index (χ3n) is 7.27. The Hall–Kier alpha value is -4.43. The number of carbonyl (C=O) groups is 3. The SMILES string of the molecule is CC(C)CC(C)(C)CC(=O)Nc1ccc(Br)cc1C(=O)NC(CC(=O)O)c1ccc(-c2ccccc2Oc2ccccc2)cc1. The van der Waals surface area contributed by atoms with Gasteiger partial charge < -0.3 is 20.5 Å². The number of para-hydroxylation sites is 2. The van der Waals surface area contributed by atoms with Gasteiger partial charge in [-0.05, 0) is 65.3 Å². The van der Waals surface area contributed by atoms with Crippen molar-refractivity contribution >= 4 is 39.4 Å². The van der Waals surface area contributed by atoms with Gasteiger partial charge in [-0.2, -0.15) is 0 Å². The minimum absolute atomic E-state index is 0.189. The van der Waals surface area contributed by atoms with Crippen molar-refractivity contribution in [3.05, 3.63) is 113 Å². The van der Waals surface area contributed by atoms with E-state index in [9.17, 15) is 19.5 Å². The number of carbonyl (C=O) groups excluding carboxylic acids is 2. The smallest absolute Gasteiger partial charge is 0.305 e. The second-order valence-electron chi connectivity index (χ2n) is 12.3. The summed E-state index contributed by atoms with van der Waals surface area (Å²) in [5, 5.41) is 15.5. The maximum atomic E-state index is 13.6. The van der Waals surface area contributed by atoms with Gasteiger partial charge in [0.2, 0.25) is 5.91 Å².